The summed E-state index contributed by atoms with van der Waals surface area (Å²) in [6.07, 6.45) is 2.27. The molecule has 2 aromatic carbocycles. The average Bonchev–Trinajstić information content (AvgIpc) is 2.67. The van der Waals surface area contributed by atoms with Gasteiger partial charge in [-0.3, -0.25) is 9.52 Å². The lowest BCUT2D eigenvalue weighted by molar-refractivity contribution is -0.135. The second-order valence-corrected chi connectivity index (χ2v) is 8.41. The van der Waals surface area contributed by atoms with Crippen LogP contribution < -0.4 is 4.72 Å². The molecule has 0 radical (unpaired) electrons. The summed E-state index contributed by atoms with van der Waals surface area (Å²) in [5.41, 5.74) is 1.86. The van der Waals surface area contributed by atoms with Crippen molar-refractivity contribution in [2.75, 3.05) is 11.3 Å². The molecule has 0 bridgehead atoms. The van der Waals surface area contributed by atoms with Crippen LogP contribution in [-0.4, -0.2) is 25.8 Å². The number of fused-ring (bicyclic) bond motifs is 2. The zero-order valence-electron chi connectivity index (χ0n) is 13.4. The van der Waals surface area contributed by atoms with Crippen LogP contribution in [0.2, 0.25) is 5.02 Å². The number of anilines is 1. The van der Waals surface area contributed by atoms with Gasteiger partial charge in [0, 0.05) is 23.6 Å². The highest BCUT2D eigenvalue weighted by atomic mass is 35.5. The molecule has 7 heteroatoms. The van der Waals surface area contributed by atoms with Crippen molar-refractivity contribution in [1.82, 2.24) is 4.90 Å². The van der Waals surface area contributed by atoms with Gasteiger partial charge < -0.3 is 4.90 Å². The Labute approximate surface area is 151 Å². The molecule has 0 aromatic heterocycles. The van der Waals surface area contributed by atoms with Crippen molar-refractivity contribution in [2.24, 2.45) is 0 Å². The Morgan fingerprint density at radius 2 is 1.88 bits per heavy atom. The van der Waals surface area contributed by atoms with E-state index in [9.17, 15) is 13.2 Å². The van der Waals surface area contributed by atoms with Gasteiger partial charge in [-0.05, 0) is 36.6 Å². The van der Waals surface area contributed by atoms with E-state index in [1.807, 2.05) is 12.1 Å². The van der Waals surface area contributed by atoms with Crippen LogP contribution in [0.1, 0.15) is 36.4 Å². The van der Waals surface area contributed by atoms with Gasteiger partial charge in [-0.1, -0.05) is 35.9 Å². The number of hydrogen-bond donors (Lipinski definition) is 1. The van der Waals surface area contributed by atoms with E-state index < -0.39 is 16.1 Å². The maximum absolute atomic E-state index is 12.8. The summed E-state index contributed by atoms with van der Waals surface area (Å²) in [7, 11) is -3.78. The minimum absolute atomic E-state index is 0.0475. The molecule has 2 heterocycles. The topological polar surface area (TPSA) is 66.5 Å². The molecule has 25 heavy (non-hydrogen) atoms. The number of nitrogens with zero attached hydrogens (tertiary/aromatic N) is 1. The number of carbonyl (C=O) groups excluding carboxylic acids is 1. The van der Waals surface area contributed by atoms with Crippen molar-refractivity contribution in [3.05, 3.63) is 58.6 Å². The van der Waals surface area contributed by atoms with E-state index in [-0.39, 0.29) is 10.8 Å². The molecule has 2 aromatic rings. The van der Waals surface area contributed by atoms with Gasteiger partial charge in [0.2, 0.25) is 5.91 Å². The Morgan fingerprint density at radius 3 is 2.68 bits per heavy atom. The first-order chi connectivity index (χ1) is 12.0. The van der Waals surface area contributed by atoms with Crippen LogP contribution in [0.25, 0.3) is 0 Å². The largest absolute Gasteiger partial charge is 0.331 e. The molecule has 1 N–H and O–H groups in total. The predicted molar refractivity (Wildman–Crippen MR) is 96.1 cm³/mol. The molecule has 1 amide bonds. The number of piperidine rings is 1. The normalized spacial score (nSPS) is 21.7. The lowest BCUT2D eigenvalue weighted by Gasteiger charge is -2.35. The summed E-state index contributed by atoms with van der Waals surface area (Å²) in [6, 6.07) is 11.6. The molecule has 2 aliphatic rings. The molecule has 4 rings (SSSR count). The average molecular weight is 377 g/mol. The van der Waals surface area contributed by atoms with Gasteiger partial charge in [0.25, 0.3) is 10.0 Å². The van der Waals surface area contributed by atoms with Crippen molar-refractivity contribution in [2.45, 2.75) is 30.2 Å². The number of hydrogen-bond acceptors (Lipinski definition) is 3. The molecule has 2 aliphatic heterocycles. The second kappa shape index (κ2) is 6.04. The maximum atomic E-state index is 12.8. The number of rotatable bonds is 1. The zero-order valence-corrected chi connectivity index (χ0v) is 15.0. The van der Waals surface area contributed by atoms with Crippen LogP contribution in [0.5, 0.6) is 0 Å². The first kappa shape index (κ1) is 16.4. The second-order valence-electron chi connectivity index (χ2n) is 6.32. The molecule has 1 saturated heterocycles. The molecule has 1 unspecified atom stereocenters. The molecule has 1 atom stereocenters. The third-order valence-electron chi connectivity index (χ3n) is 4.73. The van der Waals surface area contributed by atoms with Gasteiger partial charge in [-0.15, -0.1) is 0 Å². The van der Waals surface area contributed by atoms with Crippen LogP contribution in [0.4, 0.5) is 5.69 Å². The SMILES string of the molecule is O=C1CCCCN1C1c2ccccc2NS(=O)(=O)c2cc(Cl)ccc21. The fourth-order valence-electron chi connectivity index (χ4n) is 3.60. The maximum Gasteiger partial charge on any atom is 0.262 e. The van der Waals surface area contributed by atoms with Gasteiger partial charge in [0.15, 0.2) is 0 Å². The highest BCUT2D eigenvalue weighted by molar-refractivity contribution is 7.92. The molecule has 0 aliphatic carbocycles. The smallest absolute Gasteiger partial charge is 0.262 e. The number of halogens is 1. The third-order valence-corrected chi connectivity index (χ3v) is 6.39. The van der Waals surface area contributed by atoms with Gasteiger partial charge in [0.1, 0.15) is 0 Å². The molecular formula is C18H17ClN2O3S. The van der Waals surface area contributed by atoms with E-state index in [0.29, 0.717) is 29.2 Å². The molecule has 0 spiro atoms. The Morgan fingerprint density at radius 1 is 1.08 bits per heavy atom. The number of amides is 1. The summed E-state index contributed by atoms with van der Waals surface area (Å²) < 4.78 is 28.3. The predicted octanol–water partition coefficient (Wildman–Crippen LogP) is 3.56. The highest BCUT2D eigenvalue weighted by Gasteiger charge is 2.37. The summed E-state index contributed by atoms with van der Waals surface area (Å²) in [6.45, 7) is 0.611. The number of likely N-dealkylation sites (tertiary alicyclic amines) is 1. The Bertz CT molecular complexity index is 959. The van der Waals surface area contributed by atoms with Gasteiger partial charge in [-0.25, -0.2) is 8.42 Å². The molecule has 0 saturated carbocycles. The summed E-state index contributed by atoms with van der Waals surface area (Å²) in [5.74, 6) is 0.0475. The molecule has 5 nitrogen and oxygen atoms in total. The Balaban J connectivity index is 2.00. The quantitative estimate of drug-likeness (QED) is 0.827. The monoisotopic (exact) mass is 376 g/mol. The van der Waals surface area contributed by atoms with E-state index in [1.54, 1.807) is 29.2 Å². The Hall–Kier alpha value is -2.05. The third kappa shape index (κ3) is 2.79. The Kier molecular flexibility index (Phi) is 3.96. The van der Waals surface area contributed by atoms with Crippen molar-refractivity contribution in [3.63, 3.8) is 0 Å². The van der Waals surface area contributed by atoms with Gasteiger partial charge >= 0.3 is 0 Å². The number of benzene rings is 2. The van der Waals surface area contributed by atoms with E-state index in [2.05, 4.69) is 4.72 Å². The van der Waals surface area contributed by atoms with Crippen LogP contribution in [0.15, 0.2) is 47.4 Å². The number of nitrogens with one attached hydrogen (secondary N) is 1. The lowest BCUT2D eigenvalue weighted by atomic mass is 9.93. The van der Waals surface area contributed by atoms with Crippen molar-refractivity contribution in [3.8, 4) is 0 Å². The summed E-state index contributed by atoms with van der Waals surface area (Å²) >= 11 is 6.06. The first-order valence-electron chi connectivity index (χ1n) is 8.18. The van der Waals surface area contributed by atoms with E-state index in [1.165, 1.54) is 6.07 Å². The lowest BCUT2D eigenvalue weighted by Crippen LogP contribution is -2.39. The minimum atomic E-state index is -3.78. The van der Waals surface area contributed by atoms with Crippen molar-refractivity contribution < 1.29 is 13.2 Å². The fraction of sp³-hybridized carbons (Fsp3) is 0.278. The highest BCUT2D eigenvalue weighted by Crippen LogP contribution is 2.42. The zero-order chi connectivity index (χ0) is 17.6. The molecular weight excluding hydrogens is 360 g/mol. The summed E-state index contributed by atoms with van der Waals surface area (Å²) in [5, 5.41) is 0.346. The van der Waals surface area contributed by atoms with Gasteiger partial charge in [0.05, 0.1) is 16.6 Å². The van der Waals surface area contributed by atoms with E-state index in [0.717, 1.165) is 18.4 Å². The number of sulfonamides is 1. The van der Waals surface area contributed by atoms with Gasteiger partial charge in [-0.2, -0.15) is 0 Å². The van der Waals surface area contributed by atoms with Crippen molar-refractivity contribution >= 4 is 33.2 Å². The first-order valence-corrected chi connectivity index (χ1v) is 10.0. The molecule has 130 valence electrons. The molecule has 1 fully saturated rings. The van der Waals surface area contributed by atoms with Crippen LogP contribution >= 0.6 is 11.6 Å². The number of para-hydroxylation sites is 1. The fourth-order valence-corrected chi connectivity index (χ4v) is 5.19. The standard InChI is InChI=1S/C18H17ClN2O3S/c19-12-8-9-14-16(11-12)25(23,24)20-15-6-2-1-5-13(15)18(14)21-10-4-3-7-17(21)22/h1-2,5-6,8-9,11,18,20H,3-4,7,10H2. The van der Waals surface area contributed by atoms with Crippen LogP contribution in [0.3, 0.4) is 0 Å². The van der Waals surface area contributed by atoms with E-state index >= 15 is 0 Å². The van der Waals surface area contributed by atoms with Crippen molar-refractivity contribution in [1.29, 1.82) is 0 Å². The van der Waals surface area contributed by atoms with E-state index in [4.69, 9.17) is 11.6 Å². The minimum Gasteiger partial charge on any atom is -0.331 e. The van der Waals surface area contributed by atoms with Crippen LogP contribution in [0, 0.1) is 0 Å². The number of carbonyl (C=O) groups is 1. The summed E-state index contributed by atoms with van der Waals surface area (Å²) in [4.78, 5) is 14.5. The van der Waals surface area contributed by atoms with Crippen LogP contribution in [-0.2, 0) is 14.8 Å².